The Hall–Kier alpha value is -2.96. The van der Waals surface area contributed by atoms with Gasteiger partial charge in [0.05, 0.1) is 21.8 Å². The smallest absolute Gasteiger partial charge is 0.201 e. The average molecular weight is 323 g/mol. The van der Waals surface area contributed by atoms with Gasteiger partial charge in [-0.2, -0.15) is 0 Å². The summed E-state index contributed by atoms with van der Waals surface area (Å²) in [6.45, 7) is 8.00. The molecule has 0 aliphatic heterocycles. The van der Waals surface area contributed by atoms with Crippen LogP contribution in [0.1, 0.15) is 27.7 Å². The van der Waals surface area contributed by atoms with E-state index >= 15 is 0 Å². The molecule has 7 N–H and O–H groups in total. The summed E-state index contributed by atoms with van der Waals surface area (Å²) >= 11 is 0. The largest absolute Gasteiger partial charge is 0.504 e. The van der Waals surface area contributed by atoms with Gasteiger partial charge in [-0.05, 0) is 0 Å². The van der Waals surface area contributed by atoms with Gasteiger partial charge in [0.25, 0.3) is 0 Å². The van der Waals surface area contributed by atoms with Gasteiger partial charge < -0.3 is 35.6 Å². The monoisotopic (exact) mass is 323 g/mol. The van der Waals surface area contributed by atoms with Crippen LogP contribution in [0.3, 0.4) is 0 Å². The Morgan fingerprint density at radius 2 is 0.870 bits per heavy atom. The van der Waals surface area contributed by atoms with E-state index < -0.39 is 34.5 Å². The summed E-state index contributed by atoms with van der Waals surface area (Å²) in [7, 11) is 0. The summed E-state index contributed by atoms with van der Waals surface area (Å²) in [6.07, 6.45) is 0. The maximum atomic E-state index is 9.83. The number of phenolic OH excluding ortho intramolecular Hbond substituents is 6. The van der Waals surface area contributed by atoms with Gasteiger partial charge >= 0.3 is 0 Å². The predicted molar refractivity (Wildman–Crippen MR) is 88.5 cm³/mol. The summed E-state index contributed by atoms with van der Waals surface area (Å²) in [5.41, 5.74) is 0.450. The highest BCUT2D eigenvalue weighted by atomic mass is 16.3. The fourth-order valence-electron chi connectivity index (χ4n) is 2.14. The van der Waals surface area contributed by atoms with E-state index in [1.165, 1.54) is 0 Å². The lowest BCUT2D eigenvalue weighted by Gasteiger charge is -2.04. The topological polar surface area (TPSA) is 137 Å². The first-order chi connectivity index (χ1) is 10.9. The number of benzene rings is 2. The number of hydrogen-bond donors (Lipinski definition) is 7. The molecule has 0 bridgehead atoms. The van der Waals surface area contributed by atoms with E-state index in [9.17, 15) is 30.6 Å². The van der Waals surface area contributed by atoms with Crippen LogP contribution in [0, 0.1) is 0 Å². The Morgan fingerprint density at radius 3 is 1.17 bits per heavy atom. The zero-order valence-electron chi connectivity index (χ0n) is 13.3. The van der Waals surface area contributed by atoms with Gasteiger partial charge in [-0.25, -0.2) is 0 Å². The number of aromatic hydroxyl groups is 6. The van der Waals surface area contributed by atoms with Gasteiger partial charge in [0.15, 0.2) is 23.0 Å². The minimum absolute atomic E-state index is 0.0260. The third-order valence-corrected chi connectivity index (χ3v) is 3.03. The van der Waals surface area contributed by atoms with Crippen LogP contribution in [-0.4, -0.2) is 35.6 Å². The number of aromatic nitrogens is 1. The molecule has 0 aliphatic rings. The standard InChI is InChI=1S/C12H9NO6.2C2H6/c14-5-1-3-7(11(18)9(5)16)8-4(13-3)2-6(15)10(17)12(8)19;2*1-2/h1-2,13-19H;2*1-2H3. The van der Waals surface area contributed by atoms with Crippen molar-refractivity contribution in [2.24, 2.45) is 0 Å². The fraction of sp³-hybridized carbons (Fsp3) is 0.250. The molecule has 126 valence electrons. The van der Waals surface area contributed by atoms with Gasteiger partial charge in [0.2, 0.25) is 11.5 Å². The Morgan fingerprint density at radius 1 is 0.565 bits per heavy atom. The normalized spacial score (nSPS) is 9.91. The van der Waals surface area contributed by atoms with E-state index in [0.717, 1.165) is 12.1 Å². The molecular weight excluding hydrogens is 302 g/mol. The van der Waals surface area contributed by atoms with Gasteiger partial charge in [-0.3, -0.25) is 0 Å². The lowest BCUT2D eigenvalue weighted by Crippen LogP contribution is -1.76. The number of aromatic amines is 1. The van der Waals surface area contributed by atoms with Crippen molar-refractivity contribution in [3.63, 3.8) is 0 Å². The summed E-state index contributed by atoms with van der Waals surface area (Å²) < 4.78 is 0. The van der Waals surface area contributed by atoms with E-state index in [1.54, 1.807) is 0 Å². The molecule has 3 aromatic rings. The van der Waals surface area contributed by atoms with Crippen molar-refractivity contribution in [1.29, 1.82) is 0 Å². The second-order valence-corrected chi connectivity index (χ2v) is 4.16. The molecule has 0 saturated heterocycles. The quantitative estimate of drug-likeness (QED) is 0.316. The molecule has 0 radical (unpaired) electrons. The third-order valence-electron chi connectivity index (χ3n) is 3.03. The Balaban J connectivity index is 0.000000615. The van der Waals surface area contributed by atoms with Crippen LogP contribution in [0.5, 0.6) is 34.5 Å². The lowest BCUT2D eigenvalue weighted by molar-refractivity contribution is 0.369. The van der Waals surface area contributed by atoms with Crippen molar-refractivity contribution in [1.82, 2.24) is 4.98 Å². The maximum Gasteiger partial charge on any atom is 0.201 e. The van der Waals surface area contributed by atoms with Gasteiger partial charge in [-0.15, -0.1) is 0 Å². The number of hydrogen-bond acceptors (Lipinski definition) is 6. The number of rotatable bonds is 0. The number of fused-ring (bicyclic) bond motifs is 3. The molecule has 0 amide bonds. The molecule has 7 heteroatoms. The zero-order valence-corrected chi connectivity index (χ0v) is 13.3. The summed E-state index contributed by atoms with van der Waals surface area (Å²) in [5.74, 6) is -3.82. The van der Waals surface area contributed by atoms with E-state index in [-0.39, 0.29) is 21.8 Å². The Bertz CT molecular complexity index is 770. The van der Waals surface area contributed by atoms with Crippen LogP contribution in [0.4, 0.5) is 0 Å². The van der Waals surface area contributed by atoms with E-state index in [1.807, 2.05) is 27.7 Å². The average Bonchev–Trinajstić information content (AvgIpc) is 2.92. The third kappa shape index (κ3) is 2.73. The highest BCUT2D eigenvalue weighted by molar-refractivity contribution is 6.15. The molecule has 3 rings (SSSR count). The van der Waals surface area contributed by atoms with Crippen LogP contribution in [-0.2, 0) is 0 Å². The molecule has 0 saturated carbocycles. The minimum atomic E-state index is -0.736. The van der Waals surface area contributed by atoms with Crippen molar-refractivity contribution in [3.8, 4) is 34.5 Å². The molecule has 2 aromatic carbocycles. The van der Waals surface area contributed by atoms with Crippen molar-refractivity contribution in [2.75, 3.05) is 0 Å². The second-order valence-electron chi connectivity index (χ2n) is 4.16. The zero-order chi connectivity index (χ0) is 17.9. The van der Waals surface area contributed by atoms with Crippen molar-refractivity contribution in [2.45, 2.75) is 27.7 Å². The molecular formula is C16H21NO6. The molecule has 1 aromatic heterocycles. The van der Waals surface area contributed by atoms with Crippen LogP contribution in [0.25, 0.3) is 21.8 Å². The van der Waals surface area contributed by atoms with Gasteiger partial charge in [0, 0.05) is 12.1 Å². The fourth-order valence-corrected chi connectivity index (χ4v) is 2.14. The molecule has 0 atom stereocenters. The summed E-state index contributed by atoms with van der Waals surface area (Å²) in [6, 6.07) is 2.30. The second kappa shape index (κ2) is 6.87. The van der Waals surface area contributed by atoms with E-state index in [0.29, 0.717) is 0 Å². The molecule has 0 spiro atoms. The van der Waals surface area contributed by atoms with Crippen LogP contribution in [0.2, 0.25) is 0 Å². The SMILES string of the molecule is CC.CC.Oc1cc2[nH]c3cc(O)c(O)c(O)c3c2c(O)c1O. The highest BCUT2D eigenvalue weighted by Crippen LogP contribution is 2.50. The van der Waals surface area contributed by atoms with Crippen molar-refractivity contribution >= 4 is 21.8 Å². The highest BCUT2D eigenvalue weighted by Gasteiger charge is 2.21. The van der Waals surface area contributed by atoms with Gasteiger partial charge in [0.1, 0.15) is 0 Å². The van der Waals surface area contributed by atoms with Crippen LogP contribution in [0.15, 0.2) is 12.1 Å². The van der Waals surface area contributed by atoms with Crippen molar-refractivity contribution < 1.29 is 30.6 Å². The first-order valence-electron chi connectivity index (χ1n) is 7.25. The molecule has 1 heterocycles. The van der Waals surface area contributed by atoms with Gasteiger partial charge in [-0.1, -0.05) is 27.7 Å². The lowest BCUT2D eigenvalue weighted by atomic mass is 10.1. The Kier molecular flexibility index (Phi) is 5.40. The molecule has 7 nitrogen and oxygen atoms in total. The molecule has 0 unspecified atom stereocenters. The molecule has 23 heavy (non-hydrogen) atoms. The summed E-state index contributed by atoms with van der Waals surface area (Å²) in [4.78, 5) is 2.73. The van der Waals surface area contributed by atoms with E-state index in [4.69, 9.17) is 0 Å². The maximum absolute atomic E-state index is 9.83. The number of phenols is 6. The first kappa shape index (κ1) is 18.1. The first-order valence-corrected chi connectivity index (χ1v) is 7.25. The molecule has 0 fully saturated rings. The number of H-pyrrole nitrogens is 1. The summed E-state index contributed by atoms with van der Waals surface area (Å²) in [5, 5.41) is 57.5. The minimum Gasteiger partial charge on any atom is -0.504 e. The number of nitrogens with one attached hydrogen (secondary N) is 1. The van der Waals surface area contributed by atoms with Crippen molar-refractivity contribution in [3.05, 3.63) is 12.1 Å². The Labute approximate surface area is 132 Å². The van der Waals surface area contributed by atoms with Crippen LogP contribution >= 0.6 is 0 Å². The molecule has 0 aliphatic carbocycles. The van der Waals surface area contributed by atoms with E-state index in [2.05, 4.69) is 4.98 Å². The predicted octanol–water partition coefficient (Wildman–Crippen LogP) is 3.61. The van der Waals surface area contributed by atoms with Crippen LogP contribution < -0.4 is 0 Å².